The minimum Gasteiger partial charge on any atom is -0.496 e. The molecule has 0 heterocycles. The van der Waals surface area contributed by atoms with E-state index < -0.39 is 0 Å². The number of amides is 2. The van der Waals surface area contributed by atoms with Crippen molar-refractivity contribution < 1.29 is 19.1 Å². The molecule has 0 aromatic heterocycles. The van der Waals surface area contributed by atoms with Crippen molar-refractivity contribution in [3.8, 4) is 11.5 Å². The van der Waals surface area contributed by atoms with E-state index in [0.29, 0.717) is 34.9 Å². The smallest absolute Gasteiger partial charge is 0.263 e. The number of hydrogen-bond acceptors (Lipinski definition) is 4. The Bertz CT molecular complexity index is 704. The van der Waals surface area contributed by atoms with Gasteiger partial charge in [0.15, 0.2) is 0 Å². The zero-order valence-electron chi connectivity index (χ0n) is 13.9. The first-order valence-corrected chi connectivity index (χ1v) is 7.51. The monoisotopic (exact) mass is 328 g/mol. The largest absolute Gasteiger partial charge is 0.496 e. The lowest BCUT2D eigenvalue weighted by Crippen LogP contribution is -2.15. The maximum atomic E-state index is 12.5. The van der Waals surface area contributed by atoms with Gasteiger partial charge in [0.05, 0.1) is 14.2 Å². The summed E-state index contributed by atoms with van der Waals surface area (Å²) in [6.07, 6.45) is 0.409. The summed E-state index contributed by atoms with van der Waals surface area (Å²) >= 11 is 0. The zero-order chi connectivity index (χ0) is 17.5. The number of hydrogen-bond donors (Lipinski definition) is 2. The van der Waals surface area contributed by atoms with Gasteiger partial charge in [0.25, 0.3) is 5.91 Å². The molecule has 0 fully saturated rings. The lowest BCUT2D eigenvalue weighted by Gasteiger charge is -2.13. The van der Waals surface area contributed by atoms with Crippen LogP contribution < -0.4 is 20.1 Å². The number of benzene rings is 2. The van der Waals surface area contributed by atoms with Gasteiger partial charge in [0, 0.05) is 17.8 Å². The number of rotatable bonds is 6. The summed E-state index contributed by atoms with van der Waals surface area (Å²) in [5, 5.41) is 5.54. The molecule has 0 bridgehead atoms. The van der Waals surface area contributed by atoms with Crippen LogP contribution in [-0.2, 0) is 4.79 Å². The minimum absolute atomic E-state index is 0.0643. The van der Waals surface area contributed by atoms with E-state index in [1.54, 1.807) is 49.4 Å². The number of methoxy groups -OCH3 is 2. The molecular formula is C18H20N2O4. The Labute approximate surface area is 140 Å². The SMILES string of the molecule is CCC(=O)Nc1ccc(NC(=O)c2c(OC)cccc2OC)cc1. The Morgan fingerprint density at radius 2 is 1.38 bits per heavy atom. The van der Waals surface area contributed by atoms with Crippen LogP contribution in [0, 0.1) is 0 Å². The molecule has 2 N–H and O–H groups in total. The van der Waals surface area contributed by atoms with Crippen LogP contribution in [0.5, 0.6) is 11.5 Å². The normalized spacial score (nSPS) is 9.96. The van der Waals surface area contributed by atoms with Crippen molar-refractivity contribution in [2.75, 3.05) is 24.9 Å². The molecule has 0 spiro atoms. The molecule has 2 amide bonds. The topological polar surface area (TPSA) is 76.7 Å². The third-order valence-corrected chi connectivity index (χ3v) is 3.40. The van der Waals surface area contributed by atoms with Gasteiger partial charge in [-0.15, -0.1) is 0 Å². The van der Waals surface area contributed by atoms with Crippen LogP contribution in [-0.4, -0.2) is 26.0 Å². The highest BCUT2D eigenvalue weighted by atomic mass is 16.5. The predicted molar refractivity (Wildman–Crippen MR) is 92.9 cm³/mol. The number of nitrogens with one attached hydrogen (secondary N) is 2. The van der Waals surface area contributed by atoms with Gasteiger partial charge in [-0.05, 0) is 36.4 Å². The Hall–Kier alpha value is -3.02. The van der Waals surface area contributed by atoms with Crippen LogP contribution in [0.2, 0.25) is 0 Å². The molecule has 24 heavy (non-hydrogen) atoms. The van der Waals surface area contributed by atoms with Gasteiger partial charge in [0.1, 0.15) is 17.1 Å². The molecule has 0 atom stereocenters. The van der Waals surface area contributed by atoms with E-state index in [2.05, 4.69) is 10.6 Å². The van der Waals surface area contributed by atoms with E-state index in [9.17, 15) is 9.59 Å². The van der Waals surface area contributed by atoms with Crippen LogP contribution in [0.1, 0.15) is 23.7 Å². The first-order chi connectivity index (χ1) is 11.6. The Balaban J connectivity index is 2.17. The van der Waals surface area contributed by atoms with Crippen molar-refractivity contribution >= 4 is 23.2 Å². The summed E-state index contributed by atoms with van der Waals surface area (Å²) in [6, 6.07) is 12.0. The molecule has 6 heteroatoms. The molecule has 126 valence electrons. The first-order valence-electron chi connectivity index (χ1n) is 7.51. The quantitative estimate of drug-likeness (QED) is 0.853. The van der Waals surface area contributed by atoms with Gasteiger partial charge in [-0.1, -0.05) is 13.0 Å². The third kappa shape index (κ3) is 4.04. The molecule has 0 aliphatic rings. The van der Waals surface area contributed by atoms with Gasteiger partial charge >= 0.3 is 0 Å². The summed E-state index contributed by atoms with van der Waals surface area (Å²) < 4.78 is 10.5. The van der Waals surface area contributed by atoms with E-state index in [1.807, 2.05) is 0 Å². The molecule has 0 aliphatic heterocycles. The summed E-state index contributed by atoms with van der Waals surface area (Å²) in [5.41, 5.74) is 1.60. The van der Waals surface area contributed by atoms with Crippen LogP contribution >= 0.6 is 0 Å². The molecule has 2 rings (SSSR count). The molecule has 0 unspecified atom stereocenters. The summed E-state index contributed by atoms with van der Waals surface area (Å²) in [6.45, 7) is 1.78. The van der Waals surface area contributed by atoms with Crippen molar-refractivity contribution in [2.45, 2.75) is 13.3 Å². The fourth-order valence-corrected chi connectivity index (χ4v) is 2.15. The Morgan fingerprint density at radius 3 is 1.83 bits per heavy atom. The molecule has 0 saturated heterocycles. The van der Waals surface area contributed by atoms with Crippen molar-refractivity contribution in [1.82, 2.24) is 0 Å². The maximum absolute atomic E-state index is 12.5. The minimum atomic E-state index is -0.338. The van der Waals surface area contributed by atoms with Gasteiger partial charge in [-0.3, -0.25) is 9.59 Å². The van der Waals surface area contributed by atoms with Gasteiger partial charge in [-0.2, -0.15) is 0 Å². The fourth-order valence-electron chi connectivity index (χ4n) is 2.15. The highest BCUT2D eigenvalue weighted by Gasteiger charge is 2.18. The fraction of sp³-hybridized carbons (Fsp3) is 0.222. The zero-order valence-corrected chi connectivity index (χ0v) is 13.9. The van der Waals surface area contributed by atoms with E-state index >= 15 is 0 Å². The molecule has 0 saturated carbocycles. The van der Waals surface area contributed by atoms with Crippen LogP contribution in [0.3, 0.4) is 0 Å². The first kappa shape index (κ1) is 17.3. The number of carbonyl (C=O) groups excluding carboxylic acids is 2. The van der Waals surface area contributed by atoms with E-state index in [-0.39, 0.29) is 11.8 Å². The number of carbonyl (C=O) groups is 2. The van der Waals surface area contributed by atoms with Crippen LogP contribution in [0.25, 0.3) is 0 Å². The molecule has 0 aliphatic carbocycles. The highest BCUT2D eigenvalue weighted by molar-refractivity contribution is 6.08. The van der Waals surface area contributed by atoms with Crippen molar-refractivity contribution in [3.05, 3.63) is 48.0 Å². The highest BCUT2D eigenvalue weighted by Crippen LogP contribution is 2.29. The standard InChI is InChI=1S/C18H20N2O4/c1-4-16(21)19-12-8-10-13(11-9-12)20-18(22)17-14(23-2)6-5-7-15(17)24-3/h5-11H,4H2,1-3H3,(H,19,21)(H,20,22). The Morgan fingerprint density at radius 1 is 0.875 bits per heavy atom. The summed E-state index contributed by atoms with van der Waals surface area (Å²) in [5.74, 6) is 0.456. The lowest BCUT2D eigenvalue weighted by atomic mass is 10.1. The van der Waals surface area contributed by atoms with E-state index in [4.69, 9.17) is 9.47 Å². The average molecular weight is 328 g/mol. The lowest BCUT2D eigenvalue weighted by molar-refractivity contribution is -0.115. The van der Waals surface area contributed by atoms with Crippen molar-refractivity contribution in [3.63, 3.8) is 0 Å². The van der Waals surface area contributed by atoms with Crippen LogP contribution in [0.4, 0.5) is 11.4 Å². The molecule has 2 aromatic carbocycles. The summed E-state index contributed by atoms with van der Waals surface area (Å²) in [7, 11) is 2.99. The van der Waals surface area contributed by atoms with Gasteiger partial charge < -0.3 is 20.1 Å². The van der Waals surface area contributed by atoms with E-state index in [1.165, 1.54) is 14.2 Å². The third-order valence-electron chi connectivity index (χ3n) is 3.40. The number of ether oxygens (including phenoxy) is 2. The van der Waals surface area contributed by atoms with Gasteiger partial charge in [-0.25, -0.2) is 0 Å². The van der Waals surface area contributed by atoms with Crippen molar-refractivity contribution in [1.29, 1.82) is 0 Å². The second-order valence-electron chi connectivity index (χ2n) is 4.97. The van der Waals surface area contributed by atoms with Gasteiger partial charge in [0.2, 0.25) is 5.91 Å². The molecule has 0 radical (unpaired) electrons. The second-order valence-corrected chi connectivity index (χ2v) is 4.97. The summed E-state index contributed by atoms with van der Waals surface area (Å²) in [4.78, 5) is 23.9. The van der Waals surface area contributed by atoms with Crippen LogP contribution in [0.15, 0.2) is 42.5 Å². The maximum Gasteiger partial charge on any atom is 0.263 e. The van der Waals surface area contributed by atoms with E-state index in [0.717, 1.165) is 0 Å². The molecule has 2 aromatic rings. The molecular weight excluding hydrogens is 308 g/mol. The average Bonchev–Trinajstić information content (AvgIpc) is 2.62. The van der Waals surface area contributed by atoms with Crippen molar-refractivity contribution in [2.24, 2.45) is 0 Å². The Kier molecular flexibility index (Phi) is 5.78. The second kappa shape index (κ2) is 8.01. The predicted octanol–water partition coefficient (Wildman–Crippen LogP) is 3.30. The molecule has 6 nitrogen and oxygen atoms in total. The number of anilines is 2.